The molecule has 84 valence electrons. The molecule has 14 heavy (non-hydrogen) atoms. The summed E-state index contributed by atoms with van der Waals surface area (Å²) >= 11 is 0. The lowest BCUT2D eigenvalue weighted by Gasteiger charge is -2.15. The molecule has 1 saturated carbocycles. The van der Waals surface area contributed by atoms with E-state index in [0.717, 1.165) is 12.8 Å². The summed E-state index contributed by atoms with van der Waals surface area (Å²) in [7, 11) is -3.11. The van der Waals surface area contributed by atoms with Crippen molar-refractivity contribution in [2.45, 2.75) is 38.6 Å². The van der Waals surface area contributed by atoms with Crippen LogP contribution >= 0.6 is 0 Å². The summed E-state index contributed by atoms with van der Waals surface area (Å²) in [4.78, 5) is 0. The van der Waals surface area contributed by atoms with Crippen LogP contribution in [-0.4, -0.2) is 26.3 Å². The molecule has 0 amide bonds. The highest BCUT2D eigenvalue weighted by molar-refractivity contribution is 7.89. The van der Waals surface area contributed by atoms with E-state index in [1.54, 1.807) is 0 Å². The maximum atomic E-state index is 11.6. The Morgan fingerprint density at radius 2 is 2.00 bits per heavy atom. The van der Waals surface area contributed by atoms with Crippen LogP contribution in [0.3, 0.4) is 0 Å². The van der Waals surface area contributed by atoms with E-state index in [1.807, 2.05) is 13.8 Å². The molecule has 0 spiro atoms. The van der Waals surface area contributed by atoms with Crippen LogP contribution in [0.2, 0.25) is 0 Å². The van der Waals surface area contributed by atoms with E-state index < -0.39 is 10.0 Å². The van der Waals surface area contributed by atoms with Gasteiger partial charge in [0.15, 0.2) is 0 Å². The van der Waals surface area contributed by atoms with Gasteiger partial charge in [-0.25, -0.2) is 13.1 Å². The Bertz CT molecular complexity index is 281. The van der Waals surface area contributed by atoms with Gasteiger partial charge in [0.1, 0.15) is 0 Å². The molecule has 0 atom stereocenters. The first-order chi connectivity index (χ1) is 6.39. The third-order valence-electron chi connectivity index (χ3n) is 2.58. The standard InChI is InChI=1S/C9H20N2O2S/c1-8(2)3-6-14(12,13)11-9(7-10)4-5-9/h8,11H,3-7,10H2,1-2H3. The average Bonchev–Trinajstić information content (AvgIpc) is 2.82. The lowest BCUT2D eigenvalue weighted by molar-refractivity contribution is 0.533. The normalized spacial score (nSPS) is 20.0. The molecule has 1 fully saturated rings. The number of sulfonamides is 1. The van der Waals surface area contributed by atoms with Gasteiger partial charge in [-0.1, -0.05) is 13.8 Å². The van der Waals surface area contributed by atoms with Gasteiger partial charge in [-0.05, 0) is 25.2 Å². The van der Waals surface area contributed by atoms with Gasteiger partial charge in [0.2, 0.25) is 10.0 Å². The zero-order chi connectivity index (χ0) is 10.8. The molecule has 5 heteroatoms. The molecular weight excluding hydrogens is 200 g/mol. The Morgan fingerprint density at radius 3 is 2.36 bits per heavy atom. The molecule has 1 aliphatic rings. The summed E-state index contributed by atoms with van der Waals surface area (Å²) in [6.45, 7) is 4.45. The maximum absolute atomic E-state index is 11.6. The van der Waals surface area contributed by atoms with Crippen molar-refractivity contribution in [2.75, 3.05) is 12.3 Å². The largest absolute Gasteiger partial charge is 0.329 e. The van der Waals surface area contributed by atoms with Crippen molar-refractivity contribution in [3.63, 3.8) is 0 Å². The van der Waals surface area contributed by atoms with E-state index in [0.29, 0.717) is 18.9 Å². The van der Waals surface area contributed by atoms with E-state index in [4.69, 9.17) is 5.73 Å². The van der Waals surface area contributed by atoms with Crippen LogP contribution in [0.25, 0.3) is 0 Å². The minimum atomic E-state index is -3.11. The van der Waals surface area contributed by atoms with Crippen LogP contribution in [0.1, 0.15) is 33.1 Å². The number of rotatable bonds is 6. The van der Waals surface area contributed by atoms with E-state index in [1.165, 1.54) is 0 Å². The third-order valence-corrected chi connectivity index (χ3v) is 4.10. The number of hydrogen-bond acceptors (Lipinski definition) is 3. The summed E-state index contributed by atoms with van der Waals surface area (Å²) < 4.78 is 25.9. The minimum Gasteiger partial charge on any atom is -0.329 e. The van der Waals surface area contributed by atoms with Crippen molar-refractivity contribution >= 4 is 10.0 Å². The lowest BCUT2D eigenvalue weighted by Crippen LogP contribution is -2.43. The highest BCUT2D eigenvalue weighted by Crippen LogP contribution is 2.34. The number of nitrogens with two attached hydrogens (primary N) is 1. The van der Waals surface area contributed by atoms with Crippen LogP contribution in [0, 0.1) is 5.92 Å². The fourth-order valence-electron chi connectivity index (χ4n) is 1.27. The molecule has 0 unspecified atom stereocenters. The second kappa shape index (κ2) is 4.16. The summed E-state index contributed by atoms with van der Waals surface area (Å²) in [6, 6.07) is 0. The van der Waals surface area contributed by atoms with Crippen LogP contribution in [0.15, 0.2) is 0 Å². The van der Waals surface area contributed by atoms with E-state index in [2.05, 4.69) is 4.72 Å². The molecular formula is C9H20N2O2S. The lowest BCUT2D eigenvalue weighted by atomic mass is 10.2. The average molecular weight is 220 g/mol. The van der Waals surface area contributed by atoms with Crippen LogP contribution in [-0.2, 0) is 10.0 Å². The van der Waals surface area contributed by atoms with Gasteiger partial charge in [-0.3, -0.25) is 0 Å². The zero-order valence-electron chi connectivity index (χ0n) is 8.91. The number of hydrogen-bond donors (Lipinski definition) is 2. The first-order valence-corrected chi connectivity index (χ1v) is 6.76. The summed E-state index contributed by atoms with van der Waals surface area (Å²) in [5.74, 6) is 0.631. The van der Waals surface area contributed by atoms with Crippen molar-refractivity contribution in [3.05, 3.63) is 0 Å². The van der Waals surface area contributed by atoms with E-state index in [9.17, 15) is 8.42 Å². The van der Waals surface area contributed by atoms with Crippen LogP contribution in [0.4, 0.5) is 0 Å². The molecule has 1 rings (SSSR count). The fraction of sp³-hybridized carbons (Fsp3) is 1.00. The molecule has 0 bridgehead atoms. The van der Waals surface area contributed by atoms with Gasteiger partial charge in [0.05, 0.1) is 5.75 Å². The highest BCUT2D eigenvalue weighted by Gasteiger charge is 2.44. The smallest absolute Gasteiger partial charge is 0.212 e. The topological polar surface area (TPSA) is 72.2 Å². The Morgan fingerprint density at radius 1 is 1.43 bits per heavy atom. The molecule has 0 aromatic heterocycles. The molecule has 0 aromatic rings. The van der Waals surface area contributed by atoms with E-state index in [-0.39, 0.29) is 11.3 Å². The van der Waals surface area contributed by atoms with Crippen LogP contribution < -0.4 is 10.5 Å². The van der Waals surface area contributed by atoms with Crippen molar-refractivity contribution < 1.29 is 8.42 Å². The molecule has 0 saturated heterocycles. The predicted molar refractivity (Wildman–Crippen MR) is 57.4 cm³/mol. The third kappa shape index (κ3) is 3.55. The Kier molecular flexibility index (Phi) is 3.55. The fourth-order valence-corrected chi connectivity index (χ4v) is 3.10. The summed E-state index contributed by atoms with van der Waals surface area (Å²) in [6.07, 6.45) is 2.46. The molecule has 4 nitrogen and oxygen atoms in total. The molecule has 0 aromatic carbocycles. The van der Waals surface area contributed by atoms with Gasteiger partial charge in [0.25, 0.3) is 0 Å². The van der Waals surface area contributed by atoms with Crippen molar-refractivity contribution in [2.24, 2.45) is 11.7 Å². The quantitative estimate of drug-likeness (QED) is 0.682. The molecule has 0 radical (unpaired) electrons. The highest BCUT2D eigenvalue weighted by atomic mass is 32.2. The summed E-state index contributed by atoms with van der Waals surface area (Å²) in [5.41, 5.74) is 5.21. The Labute approximate surface area is 86.3 Å². The van der Waals surface area contributed by atoms with Crippen molar-refractivity contribution in [3.8, 4) is 0 Å². The van der Waals surface area contributed by atoms with Gasteiger partial charge < -0.3 is 5.73 Å². The Balaban J connectivity index is 2.42. The second-order valence-electron chi connectivity index (χ2n) is 4.59. The molecule has 0 aliphatic heterocycles. The van der Waals surface area contributed by atoms with E-state index >= 15 is 0 Å². The first kappa shape index (κ1) is 11.9. The molecule has 1 aliphatic carbocycles. The van der Waals surface area contributed by atoms with Crippen LogP contribution in [0.5, 0.6) is 0 Å². The van der Waals surface area contributed by atoms with Gasteiger partial charge in [-0.2, -0.15) is 0 Å². The molecule has 3 N–H and O–H groups in total. The van der Waals surface area contributed by atoms with Crippen molar-refractivity contribution in [1.29, 1.82) is 0 Å². The van der Waals surface area contributed by atoms with Gasteiger partial charge in [-0.15, -0.1) is 0 Å². The molecule has 0 heterocycles. The second-order valence-corrected chi connectivity index (χ2v) is 6.43. The number of nitrogens with one attached hydrogen (secondary N) is 1. The first-order valence-electron chi connectivity index (χ1n) is 5.11. The minimum absolute atomic E-state index is 0.215. The Hall–Kier alpha value is -0.130. The SMILES string of the molecule is CC(C)CCS(=O)(=O)NC1(CN)CC1. The van der Waals surface area contributed by atoms with Gasteiger partial charge >= 0.3 is 0 Å². The van der Waals surface area contributed by atoms with Gasteiger partial charge in [0, 0.05) is 12.1 Å². The zero-order valence-corrected chi connectivity index (χ0v) is 9.73. The maximum Gasteiger partial charge on any atom is 0.212 e. The monoisotopic (exact) mass is 220 g/mol. The van der Waals surface area contributed by atoms with Crippen molar-refractivity contribution in [1.82, 2.24) is 4.72 Å². The summed E-state index contributed by atoms with van der Waals surface area (Å²) in [5, 5.41) is 0. The predicted octanol–water partition coefficient (Wildman–Crippen LogP) is 0.443.